The van der Waals surface area contributed by atoms with E-state index in [4.69, 9.17) is 35.6 Å². The van der Waals surface area contributed by atoms with Crippen LogP contribution in [-0.4, -0.2) is 39.9 Å². The molecule has 3 N–H and O–H groups in total. The molecule has 1 saturated heterocycles. The van der Waals surface area contributed by atoms with Crippen molar-refractivity contribution in [1.82, 2.24) is 9.55 Å². The Balaban J connectivity index is 1.32. The van der Waals surface area contributed by atoms with E-state index in [9.17, 15) is 14.5 Å². The second-order valence-electron chi connectivity index (χ2n) is 11.9. The number of ether oxygens (including phenoxy) is 1. The van der Waals surface area contributed by atoms with Crippen LogP contribution in [0, 0.1) is 0 Å². The largest absolute Gasteiger partial charge is 0.530 e. The third-order valence-corrected chi connectivity index (χ3v) is 9.74. The standard InChI is InChI=1S/C33H53ClN3O7P/c1-2-3-4-5-6-7-8-9-10-11-12-13-14-15-16-17-24-41-45(40,44-28-20-18-27(34)19-21-28)42-25-29-22-23-30(43-29)37-26-36-31(32(35)38)33(37)39/h18-21,26,29-30,39H,2-17,22-25H2,1H3,(H2,35,38)/t29-,30+,45?/m0/s1. The topological polar surface area (TPSA) is 135 Å². The van der Waals surface area contributed by atoms with Gasteiger partial charge >= 0.3 is 7.82 Å². The van der Waals surface area contributed by atoms with Gasteiger partial charge in [0.2, 0.25) is 5.88 Å². The minimum Gasteiger partial charge on any atom is -0.493 e. The highest BCUT2D eigenvalue weighted by atomic mass is 35.5. The molecule has 1 aliphatic heterocycles. The first kappa shape index (κ1) is 37.4. The van der Waals surface area contributed by atoms with Crippen molar-refractivity contribution in [2.75, 3.05) is 13.2 Å². The number of halogens is 1. The van der Waals surface area contributed by atoms with Gasteiger partial charge in [-0.25, -0.2) is 9.55 Å². The Kier molecular flexibility index (Phi) is 17.4. The van der Waals surface area contributed by atoms with Crippen molar-refractivity contribution in [3.05, 3.63) is 41.3 Å². The molecule has 1 unspecified atom stereocenters. The highest BCUT2D eigenvalue weighted by molar-refractivity contribution is 7.48. The summed E-state index contributed by atoms with van der Waals surface area (Å²) in [4.78, 5) is 15.3. The molecule has 1 aromatic heterocycles. The smallest absolute Gasteiger partial charge is 0.493 e. The molecule has 1 aliphatic rings. The van der Waals surface area contributed by atoms with E-state index in [1.165, 1.54) is 94.4 Å². The zero-order valence-corrected chi connectivity index (χ0v) is 28.5. The van der Waals surface area contributed by atoms with Crippen molar-refractivity contribution >= 4 is 25.3 Å². The maximum absolute atomic E-state index is 13.6. The Morgan fingerprint density at radius 3 is 2.02 bits per heavy atom. The number of imidazole rings is 1. The van der Waals surface area contributed by atoms with Gasteiger partial charge < -0.3 is 20.1 Å². The number of hydrogen-bond acceptors (Lipinski definition) is 8. The molecule has 10 nitrogen and oxygen atoms in total. The Morgan fingerprint density at radius 1 is 0.933 bits per heavy atom. The summed E-state index contributed by atoms with van der Waals surface area (Å²) in [5.41, 5.74) is 5.02. The molecule has 2 aromatic rings. The number of carbonyl (C=O) groups is 1. The number of amides is 1. The first-order valence-corrected chi connectivity index (χ1v) is 18.7. The quantitative estimate of drug-likeness (QED) is 0.0788. The Hall–Kier alpha value is -2.10. The van der Waals surface area contributed by atoms with Crippen molar-refractivity contribution in [2.45, 2.75) is 135 Å². The van der Waals surface area contributed by atoms with E-state index >= 15 is 0 Å². The number of unbranched alkanes of at least 4 members (excludes halogenated alkanes) is 15. The van der Waals surface area contributed by atoms with Crippen molar-refractivity contribution in [1.29, 1.82) is 0 Å². The average molecular weight is 670 g/mol. The van der Waals surface area contributed by atoms with E-state index in [1.807, 2.05) is 0 Å². The van der Waals surface area contributed by atoms with Crippen molar-refractivity contribution in [3.63, 3.8) is 0 Å². The minimum atomic E-state index is -3.96. The van der Waals surface area contributed by atoms with E-state index in [2.05, 4.69) is 11.9 Å². The maximum atomic E-state index is 13.6. The minimum absolute atomic E-state index is 0.0432. The van der Waals surface area contributed by atoms with Gasteiger partial charge in [-0.05, 0) is 43.5 Å². The van der Waals surface area contributed by atoms with Crippen LogP contribution in [0.3, 0.4) is 0 Å². The van der Waals surface area contributed by atoms with Crippen LogP contribution in [0.2, 0.25) is 5.02 Å². The van der Waals surface area contributed by atoms with Crippen molar-refractivity contribution in [3.8, 4) is 11.6 Å². The second-order valence-corrected chi connectivity index (χ2v) is 13.9. The summed E-state index contributed by atoms with van der Waals surface area (Å²) < 4.78 is 38.1. The SMILES string of the molecule is CCCCCCCCCCCCCCCCCCOP(=O)(OC[C@@H]1CC[C@H](n2cnc(C(N)=O)c2O)O1)Oc1ccc(Cl)cc1. The number of primary amides is 1. The molecule has 12 heteroatoms. The number of phosphoric acid groups is 1. The molecular formula is C33H53ClN3O7P. The summed E-state index contributed by atoms with van der Waals surface area (Å²) in [5.74, 6) is -0.860. The molecule has 0 bridgehead atoms. The first-order valence-electron chi connectivity index (χ1n) is 16.9. The van der Waals surface area contributed by atoms with Crippen LogP contribution < -0.4 is 10.3 Å². The Labute approximate surface area is 273 Å². The number of hydrogen-bond donors (Lipinski definition) is 2. The molecule has 0 saturated carbocycles. The molecule has 254 valence electrons. The van der Waals surface area contributed by atoms with Gasteiger partial charge in [-0.2, -0.15) is 0 Å². The van der Waals surface area contributed by atoms with Gasteiger partial charge in [-0.3, -0.25) is 18.4 Å². The molecule has 1 amide bonds. The highest BCUT2D eigenvalue weighted by Gasteiger charge is 2.34. The summed E-state index contributed by atoms with van der Waals surface area (Å²) >= 11 is 5.99. The van der Waals surface area contributed by atoms with E-state index < -0.39 is 26.1 Å². The molecule has 45 heavy (non-hydrogen) atoms. The fourth-order valence-electron chi connectivity index (χ4n) is 5.47. The van der Waals surface area contributed by atoms with E-state index in [-0.39, 0.29) is 24.8 Å². The number of rotatable bonds is 25. The number of aromatic nitrogens is 2. The van der Waals surface area contributed by atoms with Gasteiger partial charge in [0, 0.05) is 5.02 Å². The lowest BCUT2D eigenvalue weighted by molar-refractivity contribution is -0.0259. The zero-order chi connectivity index (χ0) is 32.3. The van der Waals surface area contributed by atoms with Gasteiger partial charge in [-0.1, -0.05) is 115 Å². The van der Waals surface area contributed by atoms with E-state index in [1.54, 1.807) is 24.3 Å². The number of nitrogens with zero attached hydrogens (tertiary/aromatic N) is 2. The van der Waals surface area contributed by atoms with Gasteiger partial charge in [0.1, 0.15) is 18.3 Å². The van der Waals surface area contributed by atoms with Crippen LogP contribution in [0.4, 0.5) is 0 Å². The van der Waals surface area contributed by atoms with Crippen LogP contribution in [0.25, 0.3) is 0 Å². The predicted molar refractivity (Wildman–Crippen MR) is 177 cm³/mol. The Morgan fingerprint density at radius 2 is 1.49 bits per heavy atom. The summed E-state index contributed by atoms with van der Waals surface area (Å²) in [6.45, 7) is 2.47. The number of carbonyl (C=O) groups excluding carboxylic acids is 1. The summed E-state index contributed by atoms with van der Waals surface area (Å²) in [6.07, 6.45) is 21.7. The predicted octanol–water partition coefficient (Wildman–Crippen LogP) is 9.50. The normalized spacial score (nSPS) is 17.8. The molecule has 1 aromatic carbocycles. The van der Waals surface area contributed by atoms with Crippen LogP contribution in [0.5, 0.6) is 11.6 Å². The monoisotopic (exact) mass is 669 g/mol. The third kappa shape index (κ3) is 14.1. The first-order chi connectivity index (χ1) is 21.8. The lowest BCUT2D eigenvalue weighted by Crippen LogP contribution is -2.17. The molecule has 0 aliphatic carbocycles. The maximum Gasteiger partial charge on any atom is 0.530 e. The van der Waals surface area contributed by atoms with Gasteiger partial charge in [-0.15, -0.1) is 0 Å². The van der Waals surface area contributed by atoms with Crippen LogP contribution in [0.15, 0.2) is 30.6 Å². The fraction of sp³-hybridized carbons (Fsp3) is 0.697. The van der Waals surface area contributed by atoms with Crippen LogP contribution >= 0.6 is 19.4 Å². The molecule has 0 spiro atoms. The van der Waals surface area contributed by atoms with E-state index in [0.29, 0.717) is 23.6 Å². The van der Waals surface area contributed by atoms with Gasteiger partial charge in [0.05, 0.1) is 19.3 Å². The van der Waals surface area contributed by atoms with Gasteiger partial charge in [0.25, 0.3) is 5.91 Å². The average Bonchev–Trinajstić information content (AvgIpc) is 3.65. The van der Waals surface area contributed by atoms with Gasteiger partial charge in [0.15, 0.2) is 5.69 Å². The number of phosphoric ester groups is 1. The molecular weight excluding hydrogens is 617 g/mol. The number of nitrogens with two attached hydrogens (primary N) is 1. The second kappa shape index (κ2) is 20.9. The van der Waals surface area contributed by atoms with Crippen molar-refractivity contribution < 1.29 is 32.8 Å². The van der Waals surface area contributed by atoms with Crippen LogP contribution in [-0.2, 0) is 18.3 Å². The molecule has 3 atom stereocenters. The summed E-state index contributed by atoms with van der Waals surface area (Å²) in [6, 6.07) is 6.49. The lowest BCUT2D eigenvalue weighted by atomic mass is 10.0. The molecule has 3 rings (SSSR count). The molecule has 0 radical (unpaired) electrons. The Bertz CT molecular complexity index is 1160. The summed E-state index contributed by atoms with van der Waals surface area (Å²) in [5, 5.41) is 10.8. The summed E-state index contributed by atoms with van der Waals surface area (Å²) in [7, 11) is -3.96. The fourth-order valence-corrected chi connectivity index (χ4v) is 6.86. The third-order valence-electron chi connectivity index (χ3n) is 8.09. The number of aromatic hydroxyl groups is 1. The van der Waals surface area contributed by atoms with E-state index in [0.717, 1.165) is 19.3 Å². The highest BCUT2D eigenvalue weighted by Crippen LogP contribution is 2.50. The molecule has 2 heterocycles. The lowest BCUT2D eigenvalue weighted by Gasteiger charge is -2.21. The number of benzene rings is 1. The molecule has 1 fully saturated rings. The zero-order valence-electron chi connectivity index (χ0n) is 26.9. The van der Waals surface area contributed by atoms with Crippen LogP contribution in [0.1, 0.15) is 139 Å². The van der Waals surface area contributed by atoms with Crippen molar-refractivity contribution in [2.24, 2.45) is 5.73 Å².